The van der Waals surface area contributed by atoms with E-state index in [1.54, 1.807) is 6.07 Å². The number of benzene rings is 2. The average molecular weight is 432 g/mol. The normalized spacial score (nSPS) is 16.8. The highest BCUT2D eigenvalue weighted by molar-refractivity contribution is 6.04. The number of hydrogen-bond acceptors (Lipinski definition) is 2. The van der Waals surface area contributed by atoms with E-state index in [1.165, 1.54) is 31.4 Å². The summed E-state index contributed by atoms with van der Waals surface area (Å²) in [5, 5.41) is 6.65. The third-order valence-electron chi connectivity index (χ3n) is 6.49. The first-order valence-electron chi connectivity index (χ1n) is 11.3. The van der Waals surface area contributed by atoms with Crippen LogP contribution in [0.1, 0.15) is 55.8 Å². The second-order valence-electron chi connectivity index (χ2n) is 8.64. The number of nitrogens with zero attached hydrogens (tertiary/aromatic N) is 1. The molecule has 5 nitrogen and oxygen atoms in total. The molecule has 2 N–H and O–H groups in total. The van der Waals surface area contributed by atoms with Crippen molar-refractivity contribution >= 4 is 40.2 Å². The van der Waals surface area contributed by atoms with Gasteiger partial charge in [0.25, 0.3) is 0 Å². The molecule has 0 radical (unpaired) electrons. The Balaban J connectivity index is 1.42. The van der Waals surface area contributed by atoms with Gasteiger partial charge in [-0.1, -0.05) is 25.3 Å². The van der Waals surface area contributed by atoms with Crippen molar-refractivity contribution in [3.63, 3.8) is 0 Å². The largest absolute Gasteiger partial charge is 0.338 e. The fourth-order valence-corrected chi connectivity index (χ4v) is 4.98. The van der Waals surface area contributed by atoms with Gasteiger partial charge in [-0.3, -0.25) is 9.59 Å². The third-order valence-corrected chi connectivity index (χ3v) is 6.49. The van der Waals surface area contributed by atoms with Gasteiger partial charge in [0.05, 0.1) is 0 Å². The SMILES string of the molecule is O=C(/C=C/c1cc2cc(F)ccc2n1C1CCCCC1)Nc1cccc2c1CCC(=O)N2. The summed E-state index contributed by atoms with van der Waals surface area (Å²) in [7, 11) is 0. The van der Waals surface area contributed by atoms with Crippen LogP contribution in [-0.4, -0.2) is 16.4 Å². The van der Waals surface area contributed by atoms with E-state index < -0.39 is 0 Å². The van der Waals surface area contributed by atoms with Gasteiger partial charge in [-0.2, -0.15) is 0 Å². The maximum absolute atomic E-state index is 13.8. The highest BCUT2D eigenvalue weighted by Crippen LogP contribution is 2.34. The molecular formula is C26H26FN3O2. The van der Waals surface area contributed by atoms with Gasteiger partial charge in [0, 0.05) is 46.5 Å². The number of nitrogens with one attached hydrogen (secondary N) is 2. The van der Waals surface area contributed by atoms with Crippen molar-refractivity contribution < 1.29 is 14.0 Å². The first kappa shape index (κ1) is 20.5. The molecule has 1 fully saturated rings. The molecule has 0 bridgehead atoms. The van der Waals surface area contributed by atoms with E-state index in [1.807, 2.05) is 36.4 Å². The Morgan fingerprint density at radius 2 is 1.94 bits per heavy atom. The van der Waals surface area contributed by atoms with Crippen molar-refractivity contribution in [3.05, 3.63) is 65.6 Å². The lowest BCUT2D eigenvalue weighted by Gasteiger charge is -2.26. The zero-order valence-corrected chi connectivity index (χ0v) is 17.9. The number of carbonyl (C=O) groups is 2. The Labute approximate surface area is 186 Å². The molecule has 1 aromatic heterocycles. The summed E-state index contributed by atoms with van der Waals surface area (Å²) in [5.41, 5.74) is 4.33. The van der Waals surface area contributed by atoms with Gasteiger partial charge in [-0.15, -0.1) is 0 Å². The van der Waals surface area contributed by atoms with Crippen LogP contribution in [0.5, 0.6) is 0 Å². The van der Waals surface area contributed by atoms with Gasteiger partial charge in [0.2, 0.25) is 11.8 Å². The van der Waals surface area contributed by atoms with Crippen LogP contribution in [0, 0.1) is 5.82 Å². The smallest absolute Gasteiger partial charge is 0.248 e. The van der Waals surface area contributed by atoms with Gasteiger partial charge in [0.1, 0.15) is 5.82 Å². The Hall–Kier alpha value is -3.41. The monoisotopic (exact) mass is 431 g/mol. The lowest BCUT2D eigenvalue weighted by molar-refractivity contribution is -0.116. The van der Waals surface area contributed by atoms with Crippen LogP contribution < -0.4 is 10.6 Å². The molecule has 32 heavy (non-hydrogen) atoms. The van der Waals surface area contributed by atoms with Crippen molar-refractivity contribution in [2.75, 3.05) is 10.6 Å². The highest BCUT2D eigenvalue weighted by atomic mass is 19.1. The van der Waals surface area contributed by atoms with Gasteiger partial charge in [0.15, 0.2) is 0 Å². The number of amides is 2. The Morgan fingerprint density at radius 1 is 1.09 bits per heavy atom. The van der Waals surface area contributed by atoms with Crippen molar-refractivity contribution in [2.24, 2.45) is 0 Å². The number of anilines is 2. The Bertz CT molecular complexity index is 1220. The molecule has 1 saturated carbocycles. The van der Waals surface area contributed by atoms with E-state index in [2.05, 4.69) is 15.2 Å². The molecule has 0 atom stereocenters. The first-order valence-corrected chi connectivity index (χ1v) is 11.3. The molecule has 5 rings (SSSR count). The summed E-state index contributed by atoms with van der Waals surface area (Å²) in [5.74, 6) is -0.498. The van der Waals surface area contributed by atoms with E-state index in [9.17, 15) is 14.0 Å². The van der Waals surface area contributed by atoms with Gasteiger partial charge in [-0.05, 0) is 67.3 Å². The number of rotatable bonds is 4. The van der Waals surface area contributed by atoms with Crippen LogP contribution in [0.25, 0.3) is 17.0 Å². The fourth-order valence-electron chi connectivity index (χ4n) is 4.98. The summed E-state index contributed by atoms with van der Waals surface area (Å²) in [6.45, 7) is 0. The van der Waals surface area contributed by atoms with Crippen LogP contribution in [0.3, 0.4) is 0 Å². The molecular weight excluding hydrogens is 405 g/mol. The number of hydrogen-bond donors (Lipinski definition) is 2. The highest BCUT2D eigenvalue weighted by Gasteiger charge is 2.20. The lowest BCUT2D eigenvalue weighted by Crippen LogP contribution is -2.21. The molecule has 2 aromatic carbocycles. The Morgan fingerprint density at radius 3 is 2.78 bits per heavy atom. The van der Waals surface area contributed by atoms with Crippen molar-refractivity contribution in [3.8, 4) is 0 Å². The van der Waals surface area contributed by atoms with E-state index in [0.29, 0.717) is 24.6 Å². The van der Waals surface area contributed by atoms with Crippen molar-refractivity contribution in [1.29, 1.82) is 0 Å². The lowest BCUT2D eigenvalue weighted by atomic mass is 9.95. The summed E-state index contributed by atoms with van der Waals surface area (Å²) < 4.78 is 16.1. The zero-order chi connectivity index (χ0) is 22.1. The minimum atomic E-state index is -0.257. The van der Waals surface area contributed by atoms with Crippen LogP contribution in [-0.2, 0) is 16.0 Å². The number of halogens is 1. The zero-order valence-electron chi connectivity index (χ0n) is 17.9. The molecule has 0 unspecified atom stereocenters. The van der Waals surface area contributed by atoms with Crippen molar-refractivity contribution in [1.82, 2.24) is 4.57 Å². The molecule has 1 aliphatic heterocycles. The molecule has 164 valence electrons. The minimum Gasteiger partial charge on any atom is -0.338 e. The van der Waals surface area contributed by atoms with Crippen LogP contribution in [0.15, 0.2) is 48.5 Å². The summed E-state index contributed by atoms with van der Waals surface area (Å²) in [6.07, 6.45) is 10.2. The first-order chi connectivity index (χ1) is 15.6. The summed E-state index contributed by atoms with van der Waals surface area (Å²) in [4.78, 5) is 24.4. The van der Waals surface area contributed by atoms with E-state index in [4.69, 9.17) is 0 Å². The molecule has 2 aliphatic rings. The van der Waals surface area contributed by atoms with Gasteiger partial charge in [-0.25, -0.2) is 4.39 Å². The molecule has 0 saturated heterocycles. The second-order valence-corrected chi connectivity index (χ2v) is 8.64. The standard InChI is InChI=1S/C26H26FN3O2/c27-18-9-12-24-17(15-18)16-20(30(24)19-5-2-1-3-6-19)10-13-25(31)28-22-7-4-8-23-21(22)11-14-26(32)29-23/h4,7-10,12-13,15-16,19H,1-3,5-6,11,14H2,(H,28,31)(H,29,32)/b13-10+. The third kappa shape index (κ3) is 4.05. The second kappa shape index (κ2) is 8.61. The van der Waals surface area contributed by atoms with Crippen LogP contribution in [0.4, 0.5) is 15.8 Å². The number of aromatic nitrogens is 1. The minimum absolute atomic E-state index is 0.00662. The number of fused-ring (bicyclic) bond motifs is 2. The molecule has 2 amide bonds. The molecule has 0 spiro atoms. The molecule has 3 aromatic rings. The number of carbonyl (C=O) groups excluding carboxylic acids is 2. The predicted molar refractivity (Wildman–Crippen MR) is 125 cm³/mol. The fraction of sp³-hybridized carbons (Fsp3) is 0.308. The van der Waals surface area contributed by atoms with E-state index in [0.717, 1.165) is 40.7 Å². The van der Waals surface area contributed by atoms with Gasteiger partial charge < -0.3 is 15.2 Å². The van der Waals surface area contributed by atoms with Crippen molar-refractivity contribution in [2.45, 2.75) is 51.0 Å². The molecule has 6 heteroatoms. The predicted octanol–water partition coefficient (Wildman–Crippen LogP) is 5.82. The van der Waals surface area contributed by atoms with Crippen LogP contribution >= 0.6 is 0 Å². The average Bonchev–Trinajstić information content (AvgIpc) is 3.15. The van der Waals surface area contributed by atoms with Gasteiger partial charge >= 0.3 is 0 Å². The van der Waals surface area contributed by atoms with Crippen LogP contribution in [0.2, 0.25) is 0 Å². The molecule has 1 aliphatic carbocycles. The topological polar surface area (TPSA) is 63.1 Å². The Kier molecular flexibility index (Phi) is 5.52. The summed E-state index contributed by atoms with van der Waals surface area (Å²) in [6, 6.07) is 12.7. The maximum atomic E-state index is 13.8. The molecule has 2 heterocycles. The summed E-state index contributed by atoms with van der Waals surface area (Å²) >= 11 is 0. The van der Waals surface area contributed by atoms with E-state index in [-0.39, 0.29) is 17.6 Å². The van der Waals surface area contributed by atoms with E-state index >= 15 is 0 Å². The maximum Gasteiger partial charge on any atom is 0.248 e. The quantitative estimate of drug-likeness (QED) is 0.511.